The normalized spacial score (nSPS) is 19.1. The Morgan fingerprint density at radius 1 is 1.58 bits per heavy atom. The maximum absolute atomic E-state index is 11.6. The van der Waals surface area contributed by atoms with Crippen LogP contribution in [0.25, 0.3) is 0 Å². The predicted molar refractivity (Wildman–Crippen MR) is 74.4 cm³/mol. The lowest BCUT2D eigenvalue weighted by molar-refractivity contribution is -0.126. The van der Waals surface area contributed by atoms with E-state index in [-0.39, 0.29) is 17.9 Å². The van der Waals surface area contributed by atoms with Crippen molar-refractivity contribution in [1.82, 2.24) is 15.2 Å². The quantitative estimate of drug-likeness (QED) is 0.831. The number of piperidine rings is 1. The summed E-state index contributed by atoms with van der Waals surface area (Å²) < 4.78 is 0. The molecule has 104 valence electrons. The van der Waals surface area contributed by atoms with Gasteiger partial charge in [0.1, 0.15) is 0 Å². The summed E-state index contributed by atoms with van der Waals surface area (Å²) in [6, 6.07) is 4.21. The average Bonchev–Trinajstić information content (AvgIpc) is 2.49. The SMILES string of the molecule is CNC(=O)C1CCN(C(CN)c2cccnc2)CC1. The van der Waals surface area contributed by atoms with E-state index >= 15 is 0 Å². The van der Waals surface area contributed by atoms with Gasteiger partial charge < -0.3 is 11.1 Å². The Balaban J connectivity index is 1.98. The first-order valence-corrected chi connectivity index (χ1v) is 6.82. The molecule has 1 saturated heterocycles. The highest BCUT2D eigenvalue weighted by molar-refractivity contribution is 5.78. The first-order chi connectivity index (χ1) is 9.26. The number of carbonyl (C=O) groups excluding carboxylic acids is 1. The van der Waals surface area contributed by atoms with Crippen molar-refractivity contribution in [2.24, 2.45) is 11.7 Å². The second kappa shape index (κ2) is 6.63. The number of nitrogens with one attached hydrogen (secondary N) is 1. The van der Waals surface area contributed by atoms with Crippen LogP contribution in [0.2, 0.25) is 0 Å². The molecule has 1 fully saturated rings. The maximum atomic E-state index is 11.6. The van der Waals surface area contributed by atoms with E-state index in [4.69, 9.17) is 5.73 Å². The summed E-state index contributed by atoms with van der Waals surface area (Å²) in [5, 5.41) is 2.73. The summed E-state index contributed by atoms with van der Waals surface area (Å²) in [4.78, 5) is 18.1. The number of rotatable bonds is 4. The van der Waals surface area contributed by atoms with E-state index < -0.39 is 0 Å². The summed E-state index contributed by atoms with van der Waals surface area (Å²) in [5.74, 6) is 0.305. The molecule has 5 heteroatoms. The fraction of sp³-hybridized carbons (Fsp3) is 0.571. The number of likely N-dealkylation sites (tertiary alicyclic amines) is 1. The molecule has 1 aromatic heterocycles. The van der Waals surface area contributed by atoms with E-state index in [2.05, 4.69) is 21.3 Å². The zero-order valence-corrected chi connectivity index (χ0v) is 11.4. The van der Waals surface area contributed by atoms with Crippen LogP contribution in [-0.4, -0.2) is 42.5 Å². The largest absolute Gasteiger partial charge is 0.359 e. The van der Waals surface area contributed by atoms with Gasteiger partial charge in [-0.3, -0.25) is 14.7 Å². The van der Waals surface area contributed by atoms with Gasteiger partial charge in [0.2, 0.25) is 5.91 Å². The van der Waals surface area contributed by atoms with Gasteiger partial charge in [0.25, 0.3) is 0 Å². The summed E-state index contributed by atoms with van der Waals surface area (Å²) in [5.41, 5.74) is 7.06. The number of hydrogen-bond donors (Lipinski definition) is 2. The Hall–Kier alpha value is -1.46. The van der Waals surface area contributed by atoms with Gasteiger partial charge in [0, 0.05) is 37.9 Å². The third-order valence-corrected chi connectivity index (χ3v) is 3.88. The topological polar surface area (TPSA) is 71.2 Å². The number of amides is 1. The van der Waals surface area contributed by atoms with E-state index in [0.29, 0.717) is 6.54 Å². The third-order valence-electron chi connectivity index (χ3n) is 3.88. The molecule has 2 rings (SSSR count). The van der Waals surface area contributed by atoms with Crippen molar-refractivity contribution in [3.8, 4) is 0 Å². The van der Waals surface area contributed by atoms with E-state index in [9.17, 15) is 4.79 Å². The van der Waals surface area contributed by atoms with Crippen molar-refractivity contribution >= 4 is 5.91 Å². The molecule has 0 radical (unpaired) electrons. The smallest absolute Gasteiger partial charge is 0.222 e. The van der Waals surface area contributed by atoms with Gasteiger partial charge in [-0.15, -0.1) is 0 Å². The highest BCUT2D eigenvalue weighted by atomic mass is 16.1. The molecule has 1 aliphatic heterocycles. The molecule has 1 aliphatic rings. The van der Waals surface area contributed by atoms with Gasteiger partial charge >= 0.3 is 0 Å². The monoisotopic (exact) mass is 262 g/mol. The van der Waals surface area contributed by atoms with Crippen LogP contribution in [0.3, 0.4) is 0 Å². The van der Waals surface area contributed by atoms with Crippen LogP contribution in [0, 0.1) is 5.92 Å². The average molecular weight is 262 g/mol. The lowest BCUT2D eigenvalue weighted by Gasteiger charge is -2.36. The summed E-state index contributed by atoms with van der Waals surface area (Å²) in [6.07, 6.45) is 5.45. The zero-order valence-electron chi connectivity index (χ0n) is 11.4. The molecule has 1 aromatic rings. The molecule has 1 unspecified atom stereocenters. The van der Waals surface area contributed by atoms with Crippen LogP contribution in [0.1, 0.15) is 24.4 Å². The second-order valence-corrected chi connectivity index (χ2v) is 4.96. The molecule has 1 atom stereocenters. The van der Waals surface area contributed by atoms with Gasteiger partial charge in [-0.05, 0) is 37.6 Å². The van der Waals surface area contributed by atoms with Crippen molar-refractivity contribution in [2.75, 3.05) is 26.7 Å². The molecule has 0 spiro atoms. The van der Waals surface area contributed by atoms with Crippen LogP contribution in [-0.2, 0) is 4.79 Å². The predicted octanol–water partition coefficient (Wildman–Crippen LogP) is 0.539. The number of nitrogens with two attached hydrogens (primary N) is 1. The van der Waals surface area contributed by atoms with Gasteiger partial charge in [-0.1, -0.05) is 6.07 Å². The molecule has 2 heterocycles. The molecule has 1 amide bonds. The molecular weight excluding hydrogens is 240 g/mol. The van der Waals surface area contributed by atoms with Crippen molar-refractivity contribution in [1.29, 1.82) is 0 Å². The van der Waals surface area contributed by atoms with E-state index in [1.807, 2.05) is 12.3 Å². The number of pyridine rings is 1. The maximum Gasteiger partial charge on any atom is 0.222 e. The van der Waals surface area contributed by atoms with Gasteiger partial charge in [0.15, 0.2) is 0 Å². The Labute approximate surface area is 114 Å². The lowest BCUT2D eigenvalue weighted by atomic mass is 9.94. The minimum Gasteiger partial charge on any atom is -0.359 e. The number of aromatic nitrogens is 1. The summed E-state index contributed by atoms with van der Waals surface area (Å²) in [7, 11) is 1.70. The number of nitrogens with zero attached hydrogens (tertiary/aromatic N) is 2. The minimum absolute atomic E-state index is 0.147. The number of carbonyl (C=O) groups is 1. The third kappa shape index (κ3) is 3.30. The van der Waals surface area contributed by atoms with Crippen LogP contribution in [0.5, 0.6) is 0 Å². The molecule has 0 bridgehead atoms. The van der Waals surface area contributed by atoms with Crippen LogP contribution < -0.4 is 11.1 Å². The molecule has 5 nitrogen and oxygen atoms in total. The van der Waals surface area contributed by atoms with Crippen molar-refractivity contribution in [3.63, 3.8) is 0 Å². The summed E-state index contributed by atoms with van der Waals surface area (Å²) >= 11 is 0. The van der Waals surface area contributed by atoms with Crippen LogP contribution in [0.4, 0.5) is 0 Å². The van der Waals surface area contributed by atoms with Crippen molar-refractivity contribution in [3.05, 3.63) is 30.1 Å². The Kier molecular flexibility index (Phi) is 4.87. The van der Waals surface area contributed by atoms with Gasteiger partial charge in [0.05, 0.1) is 0 Å². The fourth-order valence-electron chi connectivity index (χ4n) is 2.75. The molecule has 19 heavy (non-hydrogen) atoms. The van der Waals surface area contributed by atoms with Gasteiger partial charge in [-0.25, -0.2) is 0 Å². The number of hydrogen-bond acceptors (Lipinski definition) is 4. The highest BCUT2D eigenvalue weighted by Crippen LogP contribution is 2.25. The Morgan fingerprint density at radius 2 is 2.32 bits per heavy atom. The van der Waals surface area contributed by atoms with Crippen molar-refractivity contribution < 1.29 is 4.79 Å². The van der Waals surface area contributed by atoms with Crippen LogP contribution >= 0.6 is 0 Å². The molecule has 0 saturated carbocycles. The zero-order chi connectivity index (χ0) is 13.7. The lowest BCUT2D eigenvalue weighted by Crippen LogP contribution is -2.43. The Morgan fingerprint density at radius 3 is 2.84 bits per heavy atom. The molecule has 3 N–H and O–H groups in total. The first-order valence-electron chi connectivity index (χ1n) is 6.82. The second-order valence-electron chi connectivity index (χ2n) is 4.96. The summed E-state index contributed by atoms with van der Waals surface area (Å²) in [6.45, 7) is 2.40. The molecular formula is C14H22N4O. The van der Waals surface area contributed by atoms with E-state index in [1.165, 1.54) is 0 Å². The minimum atomic E-state index is 0.147. The standard InChI is InChI=1S/C14H22N4O/c1-16-14(19)11-4-7-18(8-5-11)13(9-15)12-3-2-6-17-10-12/h2-3,6,10-11,13H,4-5,7-9,15H2,1H3,(H,16,19). The molecule has 0 aliphatic carbocycles. The fourth-order valence-corrected chi connectivity index (χ4v) is 2.75. The van der Waals surface area contributed by atoms with E-state index in [0.717, 1.165) is 31.5 Å². The Bertz CT molecular complexity index is 401. The molecule has 0 aromatic carbocycles. The van der Waals surface area contributed by atoms with Gasteiger partial charge in [-0.2, -0.15) is 0 Å². The first kappa shape index (κ1) is 14.0. The van der Waals surface area contributed by atoms with Crippen molar-refractivity contribution in [2.45, 2.75) is 18.9 Å². The van der Waals surface area contributed by atoms with E-state index in [1.54, 1.807) is 13.2 Å². The van der Waals surface area contributed by atoms with Crippen LogP contribution in [0.15, 0.2) is 24.5 Å². The highest BCUT2D eigenvalue weighted by Gasteiger charge is 2.28.